The minimum atomic E-state index is 0.309. The molecule has 9 aromatic rings. The van der Waals surface area contributed by atoms with Gasteiger partial charge in [0.2, 0.25) is 0 Å². The van der Waals surface area contributed by atoms with Crippen molar-refractivity contribution in [3.8, 4) is 40.0 Å². The predicted octanol–water partition coefficient (Wildman–Crippen LogP) is 12.1. The second-order valence-corrected chi connectivity index (χ2v) is 14.0. The summed E-state index contributed by atoms with van der Waals surface area (Å²) in [5, 5.41) is 13.2. The highest BCUT2D eigenvalue weighted by molar-refractivity contribution is 6.10. The molecule has 0 bridgehead atoms. The fraction of sp³-hybridized carbons (Fsp3) is 0.0612. The van der Waals surface area contributed by atoms with Crippen LogP contribution in [-0.4, -0.2) is 14.1 Å². The monoisotopic (exact) mass is 678 g/mol. The van der Waals surface area contributed by atoms with E-state index in [9.17, 15) is 5.26 Å². The Morgan fingerprint density at radius 1 is 0.547 bits per heavy atom. The summed E-state index contributed by atoms with van der Waals surface area (Å²) in [6.45, 7) is 2.36. The van der Waals surface area contributed by atoms with Crippen LogP contribution in [0.1, 0.15) is 29.3 Å². The predicted molar refractivity (Wildman–Crippen MR) is 218 cm³/mol. The zero-order valence-electron chi connectivity index (χ0n) is 29.2. The van der Waals surface area contributed by atoms with E-state index in [2.05, 4.69) is 156 Å². The lowest BCUT2D eigenvalue weighted by Crippen LogP contribution is -2.12. The quantitative estimate of drug-likeness (QED) is 0.182. The highest BCUT2D eigenvalue weighted by Crippen LogP contribution is 2.43. The van der Waals surface area contributed by atoms with E-state index in [1.54, 1.807) is 0 Å². The standard InChI is InChI=1S/C49H34N4/c1-32-26-48-43(30-42(32)34-24-25-41-39-18-5-7-22-46(39)52(49(41)29-34)37-15-3-2-4-16-37)40-19-6-8-23-47(40)53(48)38-17-10-14-36(28-38)45-21-11-20-44(51-45)35-13-9-12-33(27-35)31-50/h2-25,27-30,32H,26H2,1H3. The van der Waals surface area contributed by atoms with Crippen molar-refractivity contribution >= 4 is 44.4 Å². The molecule has 0 N–H and O–H groups in total. The number of aromatic nitrogens is 3. The first kappa shape index (κ1) is 30.8. The van der Waals surface area contributed by atoms with Crippen LogP contribution in [0.15, 0.2) is 164 Å². The van der Waals surface area contributed by atoms with Crippen molar-refractivity contribution in [3.63, 3.8) is 0 Å². The SMILES string of the molecule is CC1Cc2c(c3ccccc3n2-c2cccc(-c3cccc(-c4cccc(C#N)c4)n3)c2)C=C1c1ccc2c3ccccc3n(-c3ccccc3)c2c1. The van der Waals surface area contributed by atoms with Gasteiger partial charge in [-0.25, -0.2) is 4.98 Å². The third-order valence-electron chi connectivity index (χ3n) is 10.8. The normalized spacial score (nSPS) is 14.0. The summed E-state index contributed by atoms with van der Waals surface area (Å²) in [6, 6.07) is 59.9. The van der Waals surface area contributed by atoms with E-state index in [1.165, 1.54) is 60.8 Å². The van der Waals surface area contributed by atoms with Crippen LogP contribution in [0, 0.1) is 17.2 Å². The van der Waals surface area contributed by atoms with E-state index in [4.69, 9.17) is 4.98 Å². The molecule has 1 atom stereocenters. The van der Waals surface area contributed by atoms with Crippen LogP contribution in [-0.2, 0) is 6.42 Å². The van der Waals surface area contributed by atoms with Gasteiger partial charge in [0.1, 0.15) is 0 Å². The number of nitrogens with zero attached hydrogens (tertiary/aromatic N) is 4. The molecule has 3 heterocycles. The van der Waals surface area contributed by atoms with Crippen LogP contribution in [0.2, 0.25) is 0 Å². The molecule has 4 heteroatoms. The molecule has 250 valence electrons. The topological polar surface area (TPSA) is 46.5 Å². The average molecular weight is 679 g/mol. The average Bonchev–Trinajstić information content (AvgIpc) is 3.72. The minimum Gasteiger partial charge on any atom is -0.313 e. The number of benzene rings is 6. The molecule has 0 radical (unpaired) electrons. The summed E-state index contributed by atoms with van der Waals surface area (Å²) in [5.41, 5.74) is 15.6. The van der Waals surface area contributed by atoms with Crippen molar-refractivity contribution in [2.24, 2.45) is 5.92 Å². The third kappa shape index (κ3) is 5.09. The number of allylic oxidation sites excluding steroid dienone is 1. The molecule has 0 saturated heterocycles. The van der Waals surface area contributed by atoms with Crippen LogP contribution >= 0.6 is 0 Å². The molecular formula is C49H34N4. The number of rotatable bonds is 5. The van der Waals surface area contributed by atoms with Crippen molar-refractivity contribution in [1.82, 2.24) is 14.1 Å². The van der Waals surface area contributed by atoms with Crippen LogP contribution in [0.4, 0.5) is 0 Å². The molecule has 1 aliphatic carbocycles. The number of hydrogen-bond donors (Lipinski definition) is 0. The number of hydrogen-bond acceptors (Lipinski definition) is 2. The Hall–Kier alpha value is -6.96. The molecular weight excluding hydrogens is 645 g/mol. The highest BCUT2D eigenvalue weighted by atomic mass is 15.0. The van der Waals surface area contributed by atoms with Gasteiger partial charge in [-0.3, -0.25) is 0 Å². The van der Waals surface area contributed by atoms with Gasteiger partial charge in [-0.2, -0.15) is 5.26 Å². The van der Waals surface area contributed by atoms with Gasteiger partial charge < -0.3 is 9.13 Å². The smallest absolute Gasteiger partial charge is 0.0991 e. The van der Waals surface area contributed by atoms with Gasteiger partial charge in [-0.1, -0.05) is 104 Å². The van der Waals surface area contributed by atoms with E-state index in [-0.39, 0.29) is 0 Å². The van der Waals surface area contributed by atoms with Gasteiger partial charge >= 0.3 is 0 Å². The molecule has 3 aromatic heterocycles. The van der Waals surface area contributed by atoms with Gasteiger partial charge in [0.05, 0.1) is 39.6 Å². The van der Waals surface area contributed by atoms with Crippen molar-refractivity contribution in [1.29, 1.82) is 5.26 Å². The Bertz CT molecular complexity index is 2950. The highest BCUT2D eigenvalue weighted by Gasteiger charge is 2.27. The molecule has 0 fully saturated rings. The van der Waals surface area contributed by atoms with Crippen molar-refractivity contribution in [2.75, 3.05) is 0 Å². The zero-order chi connectivity index (χ0) is 35.5. The van der Waals surface area contributed by atoms with E-state index in [0.717, 1.165) is 34.6 Å². The Kier molecular flexibility index (Phi) is 7.19. The fourth-order valence-electron chi connectivity index (χ4n) is 8.35. The lowest BCUT2D eigenvalue weighted by Gasteiger charge is -2.24. The maximum atomic E-state index is 9.45. The van der Waals surface area contributed by atoms with Crippen molar-refractivity contribution < 1.29 is 0 Å². The minimum absolute atomic E-state index is 0.309. The number of nitriles is 1. The first-order chi connectivity index (χ1) is 26.1. The Balaban J connectivity index is 1.10. The van der Waals surface area contributed by atoms with E-state index < -0.39 is 0 Å². The maximum Gasteiger partial charge on any atom is 0.0991 e. The summed E-state index contributed by atoms with van der Waals surface area (Å²) in [6.07, 6.45) is 3.37. The molecule has 53 heavy (non-hydrogen) atoms. The molecule has 1 unspecified atom stereocenters. The first-order valence-electron chi connectivity index (χ1n) is 18.2. The van der Waals surface area contributed by atoms with Crippen molar-refractivity contribution in [3.05, 3.63) is 186 Å². The molecule has 4 nitrogen and oxygen atoms in total. The second-order valence-electron chi connectivity index (χ2n) is 14.0. The second kappa shape index (κ2) is 12.4. The van der Waals surface area contributed by atoms with Gasteiger partial charge in [0, 0.05) is 49.9 Å². The summed E-state index contributed by atoms with van der Waals surface area (Å²) >= 11 is 0. The lowest BCUT2D eigenvalue weighted by atomic mass is 9.83. The molecule has 6 aromatic carbocycles. The molecule has 0 spiro atoms. The number of pyridine rings is 1. The number of fused-ring (bicyclic) bond motifs is 6. The molecule has 0 saturated carbocycles. The molecule has 0 aliphatic heterocycles. The van der Waals surface area contributed by atoms with Crippen LogP contribution < -0.4 is 0 Å². The van der Waals surface area contributed by atoms with E-state index >= 15 is 0 Å². The number of para-hydroxylation sites is 3. The lowest BCUT2D eigenvalue weighted by molar-refractivity contribution is 0.708. The van der Waals surface area contributed by atoms with E-state index in [1.807, 2.05) is 36.4 Å². The van der Waals surface area contributed by atoms with Gasteiger partial charge in [0.15, 0.2) is 0 Å². The van der Waals surface area contributed by atoms with Crippen molar-refractivity contribution in [2.45, 2.75) is 13.3 Å². The Morgan fingerprint density at radius 2 is 1.19 bits per heavy atom. The summed E-state index contributed by atoms with van der Waals surface area (Å²) < 4.78 is 4.86. The first-order valence-corrected chi connectivity index (χ1v) is 18.2. The van der Waals surface area contributed by atoms with Gasteiger partial charge in [-0.15, -0.1) is 0 Å². The summed E-state index contributed by atoms with van der Waals surface area (Å²) in [7, 11) is 0. The Morgan fingerprint density at radius 3 is 1.98 bits per heavy atom. The van der Waals surface area contributed by atoms with Crippen LogP contribution in [0.3, 0.4) is 0 Å². The summed E-state index contributed by atoms with van der Waals surface area (Å²) in [5.74, 6) is 0.309. The molecule has 0 amide bonds. The maximum absolute atomic E-state index is 9.45. The van der Waals surface area contributed by atoms with E-state index in [0.29, 0.717) is 11.5 Å². The van der Waals surface area contributed by atoms with Crippen LogP contribution in [0.5, 0.6) is 0 Å². The summed E-state index contributed by atoms with van der Waals surface area (Å²) in [4.78, 5) is 5.05. The molecule has 10 rings (SSSR count). The third-order valence-corrected chi connectivity index (χ3v) is 10.8. The van der Waals surface area contributed by atoms with Gasteiger partial charge in [0.25, 0.3) is 0 Å². The Labute approximate surface area is 308 Å². The molecule has 1 aliphatic rings. The van der Waals surface area contributed by atoms with Gasteiger partial charge in [-0.05, 0) is 96.3 Å². The fourth-order valence-corrected chi connectivity index (χ4v) is 8.35. The van der Waals surface area contributed by atoms with Crippen LogP contribution in [0.25, 0.3) is 78.2 Å². The largest absolute Gasteiger partial charge is 0.313 e. The zero-order valence-corrected chi connectivity index (χ0v) is 29.2.